The Kier molecular flexibility index (Phi) is 4.33. The van der Waals surface area contributed by atoms with Gasteiger partial charge in [-0.1, -0.05) is 0 Å². The lowest BCUT2D eigenvalue weighted by Crippen LogP contribution is -2.50. The van der Waals surface area contributed by atoms with E-state index in [-0.39, 0.29) is 9.77 Å². The summed E-state index contributed by atoms with van der Waals surface area (Å²) in [6.07, 6.45) is 0. The molecular weight excluding hydrogens is 294 g/mol. The molecule has 0 aliphatic heterocycles. The number of carboxylic acid groups (broad SMARTS) is 1. The molecular formula is C10H13NO6S2. The summed E-state index contributed by atoms with van der Waals surface area (Å²) in [7, 11) is -2.85. The summed E-state index contributed by atoms with van der Waals surface area (Å²) in [5.41, 5.74) is -1.45. The van der Waals surface area contributed by atoms with E-state index < -0.39 is 27.5 Å². The maximum atomic E-state index is 12.0. The molecule has 0 spiro atoms. The number of carbonyl (C=O) groups excluding carboxylic acids is 1. The van der Waals surface area contributed by atoms with Gasteiger partial charge in [0.15, 0.2) is 0 Å². The Hall–Kier alpha value is -1.45. The van der Waals surface area contributed by atoms with Crippen LogP contribution in [0.5, 0.6) is 0 Å². The van der Waals surface area contributed by atoms with Gasteiger partial charge in [-0.3, -0.25) is 4.79 Å². The molecule has 0 aliphatic rings. The number of carbonyl (C=O) groups is 2. The zero-order valence-corrected chi connectivity index (χ0v) is 12.1. The number of hydrogen-bond acceptors (Lipinski definition) is 6. The highest BCUT2D eigenvalue weighted by molar-refractivity contribution is 7.89. The molecule has 0 bridgehead atoms. The summed E-state index contributed by atoms with van der Waals surface area (Å²) < 4.78 is 30.6. The van der Waals surface area contributed by atoms with Crippen LogP contribution in [0.15, 0.2) is 16.3 Å². The van der Waals surface area contributed by atoms with Crippen LogP contribution in [0.4, 0.5) is 0 Å². The Balaban J connectivity index is 3.04. The van der Waals surface area contributed by atoms with Crippen molar-refractivity contribution in [3.05, 3.63) is 16.3 Å². The van der Waals surface area contributed by atoms with Crippen LogP contribution in [-0.4, -0.2) is 38.1 Å². The minimum atomic E-state index is -3.99. The lowest BCUT2D eigenvalue weighted by atomic mass is 10.1. The Bertz CT molecular complexity index is 601. The normalized spacial score (nSPS) is 12.2. The van der Waals surface area contributed by atoms with Crippen LogP contribution >= 0.6 is 11.3 Å². The summed E-state index contributed by atoms with van der Waals surface area (Å²) in [5.74, 6) is -1.96. The largest absolute Gasteiger partial charge is 0.477 e. The second-order valence-electron chi connectivity index (χ2n) is 4.17. The average molecular weight is 307 g/mol. The summed E-state index contributed by atoms with van der Waals surface area (Å²) >= 11 is 0.790. The van der Waals surface area contributed by atoms with E-state index in [1.807, 2.05) is 0 Å². The van der Waals surface area contributed by atoms with Crippen LogP contribution in [0.2, 0.25) is 0 Å². The summed E-state index contributed by atoms with van der Waals surface area (Å²) in [6.45, 7) is 2.70. The van der Waals surface area contributed by atoms with Crippen LogP contribution in [0.3, 0.4) is 0 Å². The number of sulfonamides is 1. The van der Waals surface area contributed by atoms with Crippen molar-refractivity contribution in [2.24, 2.45) is 0 Å². The number of esters is 1. The van der Waals surface area contributed by atoms with Crippen molar-refractivity contribution in [2.75, 3.05) is 7.11 Å². The second-order valence-corrected chi connectivity index (χ2v) is 6.77. The molecule has 2 N–H and O–H groups in total. The molecule has 1 aromatic heterocycles. The third-order valence-electron chi connectivity index (χ3n) is 2.18. The highest BCUT2D eigenvalue weighted by Gasteiger charge is 2.34. The topological polar surface area (TPSA) is 110 Å². The fourth-order valence-electron chi connectivity index (χ4n) is 1.26. The molecule has 19 heavy (non-hydrogen) atoms. The molecule has 1 aromatic rings. The predicted molar refractivity (Wildman–Crippen MR) is 67.7 cm³/mol. The molecule has 1 rings (SSSR count). The van der Waals surface area contributed by atoms with Gasteiger partial charge >= 0.3 is 11.9 Å². The fraction of sp³-hybridized carbons (Fsp3) is 0.400. The maximum Gasteiger partial charge on any atom is 0.345 e. The van der Waals surface area contributed by atoms with Crippen molar-refractivity contribution in [1.82, 2.24) is 4.72 Å². The van der Waals surface area contributed by atoms with Gasteiger partial charge in [-0.05, 0) is 19.9 Å². The molecule has 1 heterocycles. The van der Waals surface area contributed by atoms with Gasteiger partial charge in [0.2, 0.25) is 10.0 Å². The number of aromatic carboxylic acids is 1. The number of methoxy groups -OCH3 is 1. The van der Waals surface area contributed by atoms with Gasteiger partial charge in [0.1, 0.15) is 10.4 Å². The molecule has 106 valence electrons. The molecule has 0 unspecified atom stereocenters. The second kappa shape index (κ2) is 5.27. The van der Waals surface area contributed by atoms with Crippen LogP contribution < -0.4 is 4.72 Å². The molecule has 0 fully saturated rings. The SMILES string of the molecule is COC(=O)C(C)(C)NS(=O)(=O)c1csc(C(=O)O)c1. The monoisotopic (exact) mass is 307 g/mol. The highest BCUT2D eigenvalue weighted by Crippen LogP contribution is 2.21. The lowest BCUT2D eigenvalue weighted by Gasteiger charge is -2.22. The fourth-order valence-corrected chi connectivity index (χ4v) is 3.74. The van der Waals surface area contributed by atoms with E-state index in [9.17, 15) is 18.0 Å². The van der Waals surface area contributed by atoms with E-state index in [0.717, 1.165) is 24.5 Å². The number of hydrogen-bond donors (Lipinski definition) is 2. The molecule has 0 saturated heterocycles. The van der Waals surface area contributed by atoms with Crippen LogP contribution in [-0.2, 0) is 19.6 Å². The smallest absolute Gasteiger partial charge is 0.345 e. The number of rotatable bonds is 5. The van der Waals surface area contributed by atoms with Crippen molar-refractivity contribution in [2.45, 2.75) is 24.3 Å². The molecule has 0 saturated carbocycles. The van der Waals surface area contributed by atoms with Crippen molar-refractivity contribution in [3.8, 4) is 0 Å². The molecule has 0 amide bonds. The molecule has 7 nitrogen and oxygen atoms in total. The van der Waals surface area contributed by atoms with Gasteiger partial charge in [0.25, 0.3) is 0 Å². The predicted octanol–water partition coefficient (Wildman–Crippen LogP) is 0.676. The lowest BCUT2D eigenvalue weighted by molar-refractivity contribution is -0.146. The molecule has 0 aliphatic carbocycles. The van der Waals surface area contributed by atoms with Gasteiger partial charge in [-0.15, -0.1) is 11.3 Å². The number of thiophene rings is 1. The van der Waals surface area contributed by atoms with E-state index in [1.54, 1.807) is 0 Å². The van der Waals surface area contributed by atoms with Crippen molar-refractivity contribution in [3.63, 3.8) is 0 Å². The van der Waals surface area contributed by atoms with E-state index >= 15 is 0 Å². The number of carboxylic acids is 1. The first-order chi connectivity index (χ1) is 8.60. The minimum absolute atomic E-state index is 0.101. The Labute approximate surface area is 114 Å². The number of nitrogens with one attached hydrogen (secondary N) is 1. The van der Waals surface area contributed by atoms with Gasteiger partial charge in [-0.2, -0.15) is 4.72 Å². The average Bonchev–Trinajstić information content (AvgIpc) is 2.76. The molecule has 9 heteroatoms. The van der Waals surface area contributed by atoms with E-state index in [1.165, 1.54) is 19.2 Å². The third kappa shape index (κ3) is 3.52. The van der Waals surface area contributed by atoms with Crippen molar-refractivity contribution in [1.29, 1.82) is 0 Å². The quantitative estimate of drug-likeness (QED) is 0.774. The third-order valence-corrected chi connectivity index (χ3v) is 4.88. The molecule has 0 aromatic carbocycles. The van der Waals surface area contributed by atoms with Crippen LogP contribution in [0.25, 0.3) is 0 Å². The van der Waals surface area contributed by atoms with Gasteiger partial charge in [0.05, 0.1) is 12.0 Å². The van der Waals surface area contributed by atoms with E-state index in [0.29, 0.717) is 0 Å². The summed E-state index contributed by atoms with van der Waals surface area (Å²) in [6, 6.07) is 1.03. The highest BCUT2D eigenvalue weighted by atomic mass is 32.2. The van der Waals surface area contributed by atoms with Gasteiger partial charge < -0.3 is 9.84 Å². The Morgan fingerprint density at radius 1 is 1.42 bits per heavy atom. The Morgan fingerprint density at radius 3 is 2.42 bits per heavy atom. The van der Waals surface area contributed by atoms with Gasteiger partial charge in [0, 0.05) is 5.38 Å². The zero-order valence-electron chi connectivity index (χ0n) is 10.5. The van der Waals surface area contributed by atoms with E-state index in [4.69, 9.17) is 5.11 Å². The van der Waals surface area contributed by atoms with Crippen LogP contribution in [0.1, 0.15) is 23.5 Å². The molecule has 0 radical (unpaired) electrons. The first kappa shape index (κ1) is 15.6. The van der Waals surface area contributed by atoms with Crippen LogP contribution in [0, 0.1) is 0 Å². The van der Waals surface area contributed by atoms with Crippen molar-refractivity contribution < 1.29 is 27.9 Å². The van der Waals surface area contributed by atoms with E-state index in [2.05, 4.69) is 9.46 Å². The maximum absolute atomic E-state index is 12.0. The first-order valence-electron chi connectivity index (χ1n) is 5.04. The zero-order chi connectivity index (χ0) is 14.8. The molecule has 0 atom stereocenters. The standard InChI is InChI=1S/C10H13NO6S2/c1-10(2,9(14)17-3)11-19(15,16)6-4-7(8(12)13)18-5-6/h4-5,11H,1-3H3,(H,12,13). The first-order valence-corrected chi connectivity index (χ1v) is 7.40. The minimum Gasteiger partial charge on any atom is -0.477 e. The van der Waals surface area contributed by atoms with Gasteiger partial charge in [-0.25, -0.2) is 13.2 Å². The summed E-state index contributed by atoms with van der Waals surface area (Å²) in [4.78, 5) is 21.8. The van der Waals surface area contributed by atoms with Crippen molar-refractivity contribution >= 4 is 33.3 Å². The summed E-state index contributed by atoms with van der Waals surface area (Å²) in [5, 5.41) is 9.94. The number of ether oxygens (including phenoxy) is 1. The Morgan fingerprint density at radius 2 is 2.00 bits per heavy atom.